The molecule has 3 heterocycles. The average Bonchev–Trinajstić information content (AvgIpc) is 3.32. The van der Waals surface area contributed by atoms with Crippen molar-refractivity contribution in [1.82, 2.24) is 19.7 Å². The summed E-state index contributed by atoms with van der Waals surface area (Å²) in [7, 11) is 0. The van der Waals surface area contributed by atoms with Crippen LogP contribution in [0, 0.1) is 18.3 Å². The van der Waals surface area contributed by atoms with Crippen molar-refractivity contribution in [3.8, 4) is 17.6 Å². The number of nitrogens with zero attached hydrogens (tertiary/aromatic N) is 5. The van der Waals surface area contributed by atoms with Crippen LogP contribution >= 0.6 is 0 Å². The van der Waals surface area contributed by atoms with E-state index in [-0.39, 0.29) is 30.0 Å². The molecular formula is C22H18F3N5O2. The van der Waals surface area contributed by atoms with Gasteiger partial charge < -0.3 is 9.64 Å². The summed E-state index contributed by atoms with van der Waals surface area (Å²) in [6.45, 7) is 3.21. The Labute approximate surface area is 181 Å². The lowest BCUT2D eigenvalue weighted by Crippen LogP contribution is -2.32. The Kier molecular flexibility index (Phi) is 5.34. The summed E-state index contributed by atoms with van der Waals surface area (Å²) < 4.78 is 45.6. The van der Waals surface area contributed by atoms with E-state index in [1.807, 2.05) is 25.1 Å². The van der Waals surface area contributed by atoms with Crippen molar-refractivity contribution in [3.63, 3.8) is 0 Å². The van der Waals surface area contributed by atoms with Crippen LogP contribution in [0.4, 0.5) is 13.2 Å². The molecule has 0 saturated carbocycles. The molecule has 1 amide bonds. The van der Waals surface area contributed by atoms with Gasteiger partial charge in [0.25, 0.3) is 5.91 Å². The van der Waals surface area contributed by atoms with Gasteiger partial charge in [0.15, 0.2) is 11.9 Å². The number of hydrogen-bond acceptors (Lipinski definition) is 5. The Hall–Kier alpha value is -3.87. The Bertz CT molecular complexity index is 1210. The summed E-state index contributed by atoms with van der Waals surface area (Å²) >= 11 is 0. The number of ether oxygens (including phenoxy) is 1. The Morgan fingerprint density at radius 1 is 1.25 bits per heavy atom. The standard InChI is InChI=1S/C22H18F3N5O2/c1-13-5-6-27-20(7-13)30-11-16-10-29(12-18(16)28-30)21(31)17-8-15(9-26)3-4-19(17)32-14(2)22(23,24)25/h3-8,11,14H,10,12H2,1-2H3/t14-/m0/s1. The van der Waals surface area contributed by atoms with Crippen LogP contribution in [0.3, 0.4) is 0 Å². The summed E-state index contributed by atoms with van der Waals surface area (Å²) in [5.41, 5.74) is 2.56. The molecule has 0 bridgehead atoms. The molecule has 0 N–H and O–H groups in total. The van der Waals surface area contributed by atoms with Crippen LogP contribution in [0.25, 0.3) is 5.82 Å². The molecule has 0 radical (unpaired) electrons. The molecule has 7 nitrogen and oxygen atoms in total. The Morgan fingerprint density at radius 3 is 2.69 bits per heavy atom. The van der Waals surface area contributed by atoms with E-state index < -0.39 is 18.2 Å². The number of benzene rings is 1. The number of amides is 1. The first-order chi connectivity index (χ1) is 15.2. The highest BCUT2D eigenvalue weighted by molar-refractivity contribution is 5.97. The first-order valence-corrected chi connectivity index (χ1v) is 9.73. The first-order valence-electron chi connectivity index (χ1n) is 9.73. The van der Waals surface area contributed by atoms with Crippen molar-refractivity contribution in [2.75, 3.05) is 0 Å². The van der Waals surface area contributed by atoms with E-state index >= 15 is 0 Å². The molecule has 0 unspecified atom stereocenters. The number of carbonyl (C=O) groups is 1. The summed E-state index contributed by atoms with van der Waals surface area (Å²) in [5.74, 6) is -0.113. The predicted octanol–water partition coefficient (Wildman–Crippen LogP) is 3.93. The number of aromatic nitrogens is 3. The van der Waals surface area contributed by atoms with Gasteiger partial charge in [-0.25, -0.2) is 9.67 Å². The molecule has 0 spiro atoms. The molecule has 164 valence electrons. The molecule has 4 rings (SSSR count). The molecule has 3 aromatic rings. The third-order valence-corrected chi connectivity index (χ3v) is 5.11. The summed E-state index contributed by atoms with van der Waals surface area (Å²) in [5, 5.41) is 13.7. The molecule has 32 heavy (non-hydrogen) atoms. The van der Waals surface area contributed by atoms with Crippen LogP contribution in [0.2, 0.25) is 0 Å². The van der Waals surface area contributed by atoms with Crippen molar-refractivity contribution in [2.45, 2.75) is 39.2 Å². The predicted molar refractivity (Wildman–Crippen MR) is 107 cm³/mol. The summed E-state index contributed by atoms with van der Waals surface area (Å²) in [6.07, 6.45) is -3.24. The van der Waals surface area contributed by atoms with E-state index in [0.29, 0.717) is 11.5 Å². The van der Waals surface area contributed by atoms with E-state index in [1.54, 1.807) is 17.1 Å². The topological polar surface area (TPSA) is 84.0 Å². The molecule has 0 aliphatic carbocycles. The molecule has 1 aliphatic rings. The fourth-order valence-electron chi connectivity index (χ4n) is 3.36. The average molecular weight is 441 g/mol. The van der Waals surface area contributed by atoms with Gasteiger partial charge >= 0.3 is 6.18 Å². The van der Waals surface area contributed by atoms with Crippen LogP contribution in [-0.4, -0.2) is 37.9 Å². The fraction of sp³-hybridized carbons (Fsp3) is 0.273. The maximum absolute atomic E-state index is 13.1. The van der Waals surface area contributed by atoms with Gasteiger partial charge in [0.1, 0.15) is 5.75 Å². The fourth-order valence-corrected chi connectivity index (χ4v) is 3.36. The van der Waals surface area contributed by atoms with Gasteiger partial charge in [0, 0.05) is 24.5 Å². The van der Waals surface area contributed by atoms with Crippen molar-refractivity contribution < 1.29 is 22.7 Å². The first kappa shape index (κ1) is 21.4. The second kappa shape index (κ2) is 8.00. The lowest BCUT2D eigenvalue weighted by molar-refractivity contribution is -0.189. The van der Waals surface area contributed by atoms with Crippen molar-refractivity contribution in [3.05, 3.63) is 70.7 Å². The van der Waals surface area contributed by atoms with E-state index in [1.165, 1.54) is 23.1 Å². The number of carbonyl (C=O) groups excluding carboxylic acids is 1. The Balaban J connectivity index is 1.57. The summed E-state index contributed by atoms with van der Waals surface area (Å²) in [6, 6.07) is 9.42. The molecule has 1 aromatic carbocycles. The second-order valence-corrected chi connectivity index (χ2v) is 7.52. The van der Waals surface area contributed by atoms with E-state index in [9.17, 15) is 18.0 Å². The van der Waals surface area contributed by atoms with Crippen molar-refractivity contribution >= 4 is 5.91 Å². The number of aryl methyl sites for hydroxylation is 1. The number of pyridine rings is 1. The third kappa shape index (κ3) is 4.14. The smallest absolute Gasteiger partial charge is 0.425 e. The monoisotopic (exact) mass is 441 g/mol. The van der Waals surface area contributed by atoms with Gasteiger partial charge in [-0.1, -0.05) is 0 Å². The van der Waals surface area contributed by atoms with Gasteiger partial charge in [-0.05, 0) is 49.7 Å². The molecule has 1 aliphatic heterocycles. The molecule has 0 fully saturated rings. The number of halogens is 3. The summed E-state index contributed by atoms with van der Waals surface area (Å²) in [4.78, 5) is 18.9. The zero-order valence-electron chi connectivity index (χ0n) is 17.2. The minimum Gasteiger partial charge on any atom is -0.480 e. The minimum absolute atomic E-state index is 0.0986. The zero-order chi connectivity index (χ0) is 23.0. The van der Waals surface area contributed by atoms with Crippen molar-refractivity contribution in [2.24, 2.45) is 0 Å². The normalized spacial score (nSPS) is 14.1. The van der Waals surface area contributed by atoms with E-state index in [0.717, 1.165) is 18.1 Å². The van der Waals surface area contributed by atoms with Crippen LogP contribution in [-0.2, 0) is 13.1 Å². The SMILES string of the molecule is Cc1ccnc(-n2cc3c(n2)CN(C(=O)c2cc(C#N)ccc2O[C@@H](C)C(F)(F)F)C3)c1. The lowest BCUT2D eigenvalue weighted by atomic mass is 10.1. The molecule has 2 aromatic heterocycles. The molecular weight excluding hydrogens is 423 g/mol. The Morgan fingerprint density at radius 2 is 2.03 bits per heavy atom. The lowest BCUT2D eigenvalue weighted by Gasteiger charge is -2.22. The number of hydrogen-bond donors (Lipinski definition) is 0. The third-order valence-electron chi connectivity index (χ3n) is 5.11. The maximum atomic E-state index is 13.1. The quantitative estimate of drug-likeness (QED) is 0.613. The molecule has 1 atom stereocenters. The highest BCUT2D eigenvalue weighted by Crippen LogP contribution is 2.31. The highest BCUT2D eigenvalue weighted by Gasteiger charge is 2.39. The van der Waals surface area contributed by atoms with Gasteiger partial charge in [-0.2, -0.15) is 23.5 Å². The highest BCUT2D eigenvalue weighted by atomic mass is 19.4. The largest absolute Gasteiger partial charge is 0.480 e. The minimum atomic E-state index is -4.59. The number of nitriles is 1. The maximum Gasteiger partial charge on any atom is 0.425 e. The zero-order valence-corrected chi connectivity index (χ0v) is 17.2. The molecule has 10 heteroatoms. The van der Waals surface area contributed by atoms with Crippen LogP contribution in [0.5, 0.6) is 5.75 Å². The van der Waals surface area contributed by atoms with Crippen LogP contribution in [0.1, 0.15) is 39.7 Å². The van der Waals surface area contributed by atoms with Gasteiger partial charge in [0.2, 0.25) is 0 Å². The van der Waals surface area contributed by atoms with Gasteiger partial charge in [-0.3, -0.25) is 4.79 Å². The van der Waals surface area contributed by atoms with Crippen molar-refractivity contribution in [1.29, 1.82) is 5.26 Å². The second-order valence-electron chi connectivity index (χ2n) is 7.52. The molecule has 0 saturated heterocycles. The van der Waals surface area contributed by atoms with E-state index in [4.69, 9.17) is 10.00 Å². The van der Waals surface area contributed by atoms with Gasteiger partial charge in [-0.15, -0.1) is 0 Å². The van der Waals surface area contributed by atoms with Gasteiger partial charge in [0.05, 0.1) is 29.4 Å². The van der Waals surface area contributed by atoms with E-state index in [2.05, 4.69) is 10.1 Å². The number of rotatable bonds is 4. The number of alkyl halides is 3. The van der Waals surface area contributed by atoms with Crippen LogP contribution in [0.15, 0.2) is 42.7 Å². The van der Waals surface area contributed by atoms with Crippen LogP contribution < -0.4 is 4.74 Å². The number of fused-ring (bicyclic) bond motifs is 1.